The lowest BCUT2D eigenvalue weighted by Crippen LogP contribution is -2.35. The monoisotopic (exact) mass is 385 g/mol. The van der Waals surface area contributed by atoms with Crippen LogP contribution in [0.25, 0.3) is 11.4 Å². The number of aromatic nitrogens is 2. The fraction of sp³-hybridized carbons (Fsp3) is 0.200. The zero-order valence-electron chi connectivity index (χ0n) is 14.0. The van der Waals surface area contributed by atoms with Gasteiger partial charge in [-0.05, 0) is 42.3 Å². The SMILES string of the molecule is O=c1[nH]c(-c2ccc(Cl)cc2)nc2c1CCN(Cc1ccccc1Cl)C2. The van der Waals surface area contributed by atoms with E-state index in [1.807, 2.05) is 36.4 Å². The maximum Gasteiger partial charge on any atom is 0.254 e. The third kappa shape index (κ3) is 3.54. The molecule has 1 N–H and O–H groups in total. The molecule has 26 heavy (non-hydrogen) atoms. The Kier molecular flexibility index (Phi) is 4.81. The number of hydrogen-bond donors (Lipinski definition) is 1. The first-order chi connectivity index (χ1) is 12.6. The lowest BCUT2D eigenvalue weighted by atomic mass is 10.0. The first kappa shape index (κ1) is 17.3. The molecule has 0 amide bonds. The Morgan fingerprint density at radius 3 is 2.62 bits per heavy atom. The van der Waals surface area contributed by atoms with Gasteiger partial charge in [0.1, 0.15) is 5.82 Å². The maximum absolute atomic E-state index is 12.5. The molecule has 0 bridgehead atoms. The van der Waals surface area contributed by atoms with Crippen LogP contribution in [-0.2, 0) is 19.5 Å². The molecule has 0 aliphatic carbocycles. The molecule has 4 rings (SSSR count). The van der Waals surface area contributed by atoms with E-state index >= 15 is 0 Å². The number of rotatable bonds is 3. The predicted molar refractivity (Wildman–Crippen MR) is 105 cm³/mol. The Labute approximate surface area is 161 Å². The summed E-state index contributed by atoms with van der Waals surface area (Å²) in [4.78, 5) is 22.4. The molecule has 0 radical (unpaired) electrons. The molecule has 0 atom stereocenters. The van der Waals surface area contributed by atoms with Crippen molar-refractivity contribution in [2.45, 2.75) is 19.5 Å². The highest BCUT2D eigenvalue weighted by Gasteiger charge is 2.22. The van der Waals surface area contributed by atoms with E-state index in [0.29, 0.717) is 23.8 Å². The van der Waals surface area contributed by atoms with E-state index in [0.717, 1.165) is 40.5 Å². The van der Waals surface area contributed by atoms with E-state index in [2.05, 4.69) is 9.88 Å². The number of H-pyrrole nitrogens is 1. The van der Waals surface area contributed by atoms with Gasteiger partial charge in [0.15, 0.2) is 0 Å². The van der Waals surface area contributed by atoms with Gasteiger partial charge >= 0.3 is 0 Å². The van der Waals surface area contributed by atoms with Crippen LogP contribution in [0, 0.1) is 0 Å². The van der Waals surface area contributed by atoms with E-state index < -0.39 is 0 Å². The van der Waals surface area contributed by atoms with Gasteiger partial charge in [-0.1, -0.05) is 41.4 Å². The highest BCUT2D eigenvalue weighted by atomic mass is 35.5. The van der Waals surface area contributed by atoms with Gasteiger partial charge < -0.3 is 4.98 Å². The molecule has 132 valence electrons. The average molecular weight is 386 g/mol. The zero-order valence-corrected chi connectivity index (χ0v) is 15.5. The molecule has 0 unspecified atom stereocenters. The Morgan fingerprint density at radius 2 is 1.85 bits per heavy atom. The number of nitrogens with zero attached hydrogens (tertiary/aromatic N) is 2. The van der Waals surface area contributed by atoms with Crippen molar-refractivity contribution in [1.29, 1.82) is 0 Å². The molecule has 1 aliphatic heterocycles. The smallest absolute Gasteiger partial charge is 0.254 e. The Balaban J connectivity index is 1.62. The summed E-state index contributed by atoms with van der Waals surface area (Å²) < 4.78 is 0. The molecule has 0 spiro atoms. The van der Waals surface area contributed by atoms with E-state index in [9.17, 15) is 4.79 Å². The Hall–Kier alpha value is -2.14. The van der Waals surface area contributed by atoms with E-state index in [4.69, 9.17) is 28.2 Å². The standard InChI is InChI=1S/C20H17Cl2N3O/c21-15-7-5-13(6-8-15)19-23-18-12-25(10-9-16(18)20(26)24-19)11-14-3-1-2-4-17(14)22/h1-8H,9-12H2,(H,23,24,26). The molecule has 2 aromatic carbocycles. The van der Waals surface area contributed by atoms with Crippen LogP contribution in [0.3, 0.4) is 0 Å². The van der Waals surface area contributed by atoms with Crippen LogP contribution < -0.4 is 5.56 Å². The van der Waals surface area contributed by atoms with Crippen molar-refractivity contribution in [2.75, 3.05) is 6.54 Å². The van der Waals surface area contributed by atoms with Gasteiger partial charge in [-0.2, -0.15) is 0 Å². The van der Waals surface area contributed by atoms with Crippen molar-refractivity contribution >= 4 is 23.2 Å². The molecule has 1 aliphatic rings. The van der Waals surface area contributed by atoms with E-state index in [-0.39, 0.29) is 5.56 Å². The van der Waals surface area contributed by atoms with Gasteiger partial charge in [0, 0.05) is 40.8 Å². The van der Waals surface area contributed by atoms with Crippen LogP contribution in [-0.4, -0.2) is 21.4 Å². The van der Waals surface area contributed by atoms with E-state index in [1.54, 1.807) is 12.1 Å². The summed E-state index contributed by atoms with van der Waals surface area (Å²) in [6.07, 6.45) is 0.684. The van der Waals surface area contributed by atoms with Gasteiger partial charge in [0.25, 0.3) is 5.56 Å². The molecule has 0 fully saturated rings. The summed E-state index contributed by atoms with van der Waals surface area (Å²) in [6, 6.07) is 15.1. The fourth-order valence-electron chi connectivity index (χ4n) is 3.24. The first-order valence-electron chi connectivity index (χ1n) is 8.44. The predicted octanol–water partition coefficient (Wildman–Crippen LogP) is 4.30. The van der Waals surface area contributed by atoms with Crippen molar-refractivity contribution in [3.8, 4) is 11.4 Å². The summed E-state index contributed by atoms with van der Waals surface area (Å²) in [5, 5.41) is 1.42. The molecular weight excluding hydrogens is 369 g/mol. The molecule has 3 aromatic rings. The molecule has 1 aromatic heterocycles. The zero-order chi connectivity index (χ0) is 18.1. The van der Waals surface area contributed by atoms with Crippen molar-refractivity contribution in [3.63, 3.8) is 0 Å². The first-order valence-corrected chi connectivity index (χ1v) is 9.19. The summed E-state index contributed by atoms with van der Waals surface area (Å²) in [5.41, 5.74) is 3.48. The maximum atomic E-state index is 12.5. The number of halogens is 2. The van der Waals surface area contributed by atoms with Crippen LogP contribution >= 0.6 is 23.2 Å². The lowest BCUT2D eigenvalue weighted by Gasteiger charge is -2.28. The fourth-order valence-corrected chi connectivity index (χ4v) is 3.56. The van der Waals surface area contributed by atoms with Gasteiger partial charge in [-0.15, -0.1) is 0 Å². The second kappa shape index (κ2) is 7.23. The minimum atomic E-state index is -0.0580. The van der Waals surface area contributed by atoms with Gasteiger partial charge in [0.05, 0.1) is 5.69 Å². The topological polar surface area (TPSA) is 49.0 Å². The quantitative estimate of drug-likeness (QED) is 0.730. The van der Waals surface area contributed by atoms with Crippen molar-refractivity contribution in [2.24, 2.45) is 0 Å². The number of nitrogens with one attached hydrogen (secondary N) is 1. The summed E-state index contributed by atoms with van der Waals surface area (Å²) in [6.45, 7) is 2.18. The minimum absolute atomic E-state index is 0.0580. The number of hydrogen-bond acceptors (Lipinski definition) is 3. The van der Waals surface area contributed by atoms with Crippen LogP contribution in [0.2, 0.25) is 10.0 Å². The van der Waals surface area contributed by atoms with Gasteiger partial charge in [-0.3, -0.25) is 9.69 Å². The van der Waals surface area contributed by atoms with Gasteiger partial charge in [-0.25, -0.2) is 4.98 Å². The summed E-state index contributed by atoms with van der Waals surface area (Å²) >= 11 is 12.2. The number of benzene rings is 2. The van der Waals surface area contributed by atoms with Crippen molar-refractivity contribution in [3.05, 3.63) is 85.8 Å². The molecule has 4 nitrogen and oxygen atoms in total. The number of aromatic amines is 1. The van der Waals surface area contributed by atoms with Crippen molar-refractivity contribution < 1.29 is 0 Å². The minimum Gasteiger partial charge on any atom is -0.306 e. The molecule has 0 saturated heterocycles. The Morgan fingerprint density at radius 1 is 1.08 bits per heavy atom. The lowest BCUT2D eigenvalue weighted by molar-refractivity contribution is 0.240. The van der Waals surface area contributed by atoms with Crippen LogP contribution in [0.5, 0.6) is 0 Å². The molecule has 6 heteroatoms. The summed E-state index contributed by atoms with van der Waals surface area (Å²) in [7, 11) is 0. The third-order valence-corrected chi connectivity index (χ3v) is 5.24. The highest BCUT2D eigenvalue weighted by Crippen LogP contribution is 2.23. The number of fused-ring (bicyclic) bond motifs is 1. The molecule has 0 saturated carbocycles. The third-order valence-electron chi connectivity index (χ3n) is 4.62. The summed E-state index contributed by atoms with van der Waals surface area (Å²) in [5.74, 6) is 0.574. The molecular formula is C20H17Cl2N3O. The Bertz CT molecular complexity index is 999. The highest BCUT2D eigenvalue weighted by molar-refractivity contribution is 6.31. The van der Waals surface area contributed by atoms with Gasteiger partial charge in [0.2, 0.25) is 0 Å². The normalized spacial score (nSPS) is 14.2. The second-order valence-corrected chi connectivity index (χ2v) is 7.24. The van der Waals surface area contributed by atoms with E-state index in [1.165, 1.54) is 0 Å². The second-order valence-electron chi connectivity index (χ2n) is 6.40. The molecule has 2 heterocycles. The van der Waals surface area contributed by atoms with Crippen LogP contribution in [0.15, 0.2) is 53.3 Å². The van der Waals surface area contributed by atoms with Crippen molar-refractivity contribution in [1.82, 2.24) is 14.9 Å². The van der Waals surface area contributed by atoms with Crippen LogP contribution in [0.1, 0.15) is 16.8 Å². The van der Waals surface area contributed by atoms with Crippen LogP contribution in [0.4, 0.5) is 0 Å². The average Bonchev–Trinajstić information content (AvgIpc) is 2.64. The largest absolute Gasteiger partial charge is 0.306 e.